The zero-order valence-electron chi connectivity index (χ0n) is 10.6. The fourth-order valence-electron chi connectivity index (χ4n) is 1.60. The van der Waals surface area contributed by atoms with Gasteiger partial charge in [0.2, 0.25) is 5.91 Å². The zero-order chi connectivity index (χ0) is 12.7. The average Bonchev–Trinajstić information content (AvgIpc) is 2.33. The van der Waals surface area contributed by atoms with Crippen molar-refractivity contribution in [2.45, 2.75) is 33.2 Å². The molecule has 3 N–H and O–H groups in total. The van der Waals surface area contributed by atoms with Gasteiger partial charge in [0.1, 0.15) is 0 Å². The van der Waals surface area contributed by atoms with Crippen LogP contribution in [0.15, 0.2) is 18.2 Å². The smallest absolute Gasteiger partial charge is 0.223 e. The van der Waals surface area contributed by atoms with E-state index < -0.39 is 0 Å². The largest absolute Gasteiger partial charge is 0.350 e. The molecule has 1 atom stereocenters. The van der Waals surface area contributed by atoms with Gasteiger partial charge in [0.15, 0.2) is 0 Å². The molecule has 0 spiro atoms. The number of carbonyl (C=O) groups is 1. The normalized spacial score (nSPS) is 12.2. The number of amides is 1. The molecule has 0 radical (unpaired) electrons. The van der Waals surface area contributed by atoms with E-state index in [1.807, 2.05) is 32.0 Å². The maximum atomic E-state index is 11.7. The molecule has 1 aromatic rings. The van der Waals surface area contributed by atoms with Crippen LogP contribution < -0.4 is 11.1 Å². The first-order valence-corrected chi connectivity index (χ1v) is 6.03. The van der Waals surface area contributed by atoms with E-state index in [2.05, 4.69) is 10.3 Å². The Morgan fingerprint density at radius 2 is 2.29 bits per heavy atom. The van der Waals surface area contributed by atoms with Gasteiger partial charge in [-0.25, -0.2) is 0 Å². The van der Waals surface area contributed by atoms with Gasteiger partial charge in [-0.3, -0.25) is 9.78 Å². The number of nitrogens with two attached hydrogens (primary N) is 1. The predicted octanol–water partition coefficient (Wildman–Crippen LogP) is 1.38. The molecular weight excluding hydrogens is 214 g/mol. The number of pyridine rings is 1. The minimum Gasteiger partial charge on any atom is -0.350 e. The molecule has 0 aliphatic heterocycles. The standard InChI is InChI=1S/C13H21N3O/c1-10(5-4-8-14)13(17)15-9-12-7-3-6-11(2)16-12/h3,6-7,10H,4-5,8-9,14H2,1-2H3,(H,15,17). The fourth-order valence-corrected chi connectivity index (χ4v) is 1.60. The molecule has 4 heteroatoms. The molecule has 0 aliphatic carbocycles. The van der Waals surface area contributed by atoms with Crippen molar-refractivity contribution in [3.8, 4) is 0 Å². The van der Waals surface area contributed by atoms with E-state index in [0.29, 0.717) is 13.1 Å². The molecule has 1 aromatic heterocycles. The summed E-state index contributed by atoms with van der Waals surface area (Å²) in [6.45, 7) is 4.99. The van der Waals surface area contributed by atoms with Crippen molar-refractivity contribution in [3.05, 3.63) is 29.6 Å². The maximum absolute atomic E-state index is 11.7. The van der Waals surface area contributed by atoms with Crippen LogP contribution in [0.3, 0.4) is 0 Å². The molecule has 0 fully saturated rings. The highest BCUT2D eigenvalue weighted by Gasteiger charge is 2.11. The van der Waals surface area contributed by atoms with Crippen LogP contribution in [0.1, 0.15) is 31.2 Å². The van der Waals surface area contributed by atoms with Crippen LogP contribution in [-0.4, -0.2) is 17.4 Å². The number of aromatic nitrogens is 1. The number of aryl methyl sites for hydroxylation is 1. The monoisotopic (exact) mass is 235 g/mol. The van der Waals surface area contributed by atoms with E-state index in [1.165, 1.54) is 0 Å². The van der Waals surface area contributed by atoms with Crippen molar-refractivity contribution in [2.75, 3.05) is 6.54 Å². The van der Waals surface area contributed by atoms with Crippen molar-refractivity contribution < 1.29 is 4.79 Å². The Balaban J connectivity index is 2.37. The lowest BCUT2D eigenvalue weighted by molar-refractivity contribution is -0.124. The highest BCUT2D eigenvalue weighted by molar-refractivity contribution is 5.78. The first-order chi connectivity index (χ1) is 8.13. The number of nitrogens with one attached hydrogen (secondary N) is 1. The first kappa shape index (κ1) is 13.6. The Labute approximate surface area is 103 Å². The van der Waals surface area contributed by atoms with E-state index >= 15 is 0 Å². The van der Waals surface area contributed by atoms with Crippen LogP contribution in [0.25, 0.3) is 0 Å². The molecule has 94 valence electrons. The average molecular weight is 235 g/mol. The van der Waals surface area contributed by atoms with Crippen LogP contribution in [0.5, 0.6) is 0 Å². The summed E-state index contributed by atoms with van der Waals surface area (Å²) in [6.07, 6.45) is 1.72. The van der Waals surface area contributed by atoms with Gasteiger partial charge in [-0.15, -0.1) is 0 Å². The van der Waals surface area contributed by atoms with Gasteiger partial charge in [-0.05, 0) is 38.4 Å². The van der Waals surface area contributed by atoms with Crippen LogP contribution >= 0.6 is 0 Å². The molecule has 1 rings (SSSR count). The van der Waals surface area contributed by atoms with E-state index in [0.717, 1.165) is 24.2 Å². The third-order valence-corrected chi connectivity index (χ3v) is 2.68. The second-order valence-corrected chi connectivity index (χ2v) is 4.32. The second kappa shape index (κ2) is 7.01. The minimum atomic E-state index is 0.0170. The fraction of sp³-hybridized carbons (Fsp3) is 0.538. The Bertz CT molecular complexity index is 365. The van der Waals surface area contributed by atoms with E-state index in [-0.39, 0.29) is 11.8 Å². The van der Waals surface area contributed by atoms with Gasteiger partial charge in [0.05, 0.1) is 12.2 Å². The van der Waals surface area contributed by atoms with E-state index in [4.69, 9.17) is 5.73 Å². The third-order valence-electron chi connectivity index (χ3n) is 2.68. The third kappa shape index (κ3) is 4.95. The Kier molecular flexibility index (Phi) is 5.63. The lowest BCUT2D eigenvalue weighted by Gasteiger charge is -2.11. The van der Waals surface area contributed by atoms with Gasteiger partial charge in [0.25, 0.3) is 0 Å². The van der Waals surface area contributed by atoms with Gasteiger partial charge < -0.3 is 11.1 Å². The van der Waals surface area contributed by atoms with Crippen LogP contribution in [-0.2, 0) is 11.3 Å². The summed E-state index contributed by atoms with van der Waals surface area (Å²) in [5.41, 5.74) is 7.28. The summed E-state index contributed by atoms with van der Waals surface area (Å²) in [5.74, 6) is 0.0881. The van der Waals surface area contributed by atoms with Gasteiger partial charge in [0, 0.05) is 11.6 Å². The van der Waals surface area contributed by atoms with Gasteiger partial charge in [-0.1, -0.05) is 13.0 Å². The number of hydrogen-bond acceptors (Lipinski definition) is 3. The molecule has 0 saturated heterocycles. The highest BCUT2D eigenvalue weighted by Crippen LogP contribution is 2.05. The topological polar surface area (TPSA) is 68.0 Å². The summed E-state index contributed by atoms with van der Waals surface area (Å²) >= 11 is 0. The molecule has 1 unspecified atom stereocenters. The van der Waals surface area contributed by atoms with E-state index in [1.54, 1.807) is 0 Å². The lowest BCUT2D eigenvalue weighted by atomic mass is 10.1. The summed E-state index contributed by atoms with van der Waals surface area (Å²) in [5, 5.41) is 2.89. The van der Waals surface area contributed by atoms with Crippen molar-refractivity contribution in [3.63, 3.8) is 0 Å². The Morgan fingerprint density at radius 1 is 1.53 bits per heavy atom. The molecule has 0 aromatic carbocycles. The number of carbonyl (C=O) groups excluding carboxylic acids is 1. The quantitative estimate of drug-likeness (QED) is 0.782. The summed E-state index contributed by atoms with van der Waals surface area (Å²) in [4.78, 5) is 16.1. The van der Waals surface area contributed by atoms with E-state index in [9.17, 15) is 4.79 Å². The number of hydrogen-bond donors (Lipinski definition) is 2. The SMILES string of the molecule is Cc1cccc(CNC(=O)C(C)CCCN)n1. The van der Waals surface area contributed by atoms with Crippen molar-refractivity contribution in [1.82, 2.24) is 10.3 Å². The van der Waals surface area contributed by atoms with Gasteiger partial charge in [-0.2, -0.15) is 0 Å². The summed E-state index contributed by atoms with van der Waals surface area (Å²) in [7, 11) is 0. The zero-order valence-corrected chi connectivity index (χ0v) is 10.6. The summed E-state index contributed by atoms with van der Waals surface area (Å²) < 4.78 is 0. The van der Waals surface area contributed by atoms with Crippen molar-refractivity contribution in [2.24, 2.45) is 11.7 Å². The Morgan fingerprint density at radius 3 is 2.94 bits per heavy atom. The summed E-state index contributed by atoms with van der Waals surface area (Å²) in [6, 6.07) is 5.80. The highest BCUT2D eigenvalue weighted by atomic mass is 16.1. The van der Waals surface area contributed by atoms with Gasteiger partial charge >= 0.3 is 0 Å². The molecule has 1 heterocycles. The molecule has 17 heavy (non-hydrogen) atoms. The molecule has 0 aliphatic rings. The van der Waals surface area contributed by atoms with Crippen LogP contribution in [0.4, 0.5) is 0 Å². The maximum Gasteiger partial charge on any atom is 0.223 e. The molecule has 0 bridgehead atoms. The number of rotatable bonds is 6. The molecule has 1 amide bonds. The van der Waals surface area contributed by atoms with Crippen LogP contribution in [0.2, 0.25) is 0 Å². The first-order valence-electron chi connectivity index (χ1n) is 6.03. The molecule has 0 saturated carbocycles. The predicted molar refractivity (Wildman–Crippen MR) is 68.3 cm³/mol. The minimum absolute atomic E-state index is 0.0170. The molecule has 4 nitrogen and oxygen atoms in total. The Hall–Kier alpha value is -1.42. The van der Waals surface area contributed by atoms with Crippen molar-refractivity contribution in [1.29, 1.82) is 0 Å². The van der Waals surface area contributed by atoms with Crippen molar-refractivity contribution >= 4 is 5.91 Å². The second-order valence-electron chi connectivity index (χ2n) is 4.32. The van der Waals surface area contributed by atoms with Crippen LogP contribution in [0, 0.1) is 12.8 Å². The lowest BCUT2D eigenvalue weighted by Crippen LogP contribution is -2.29. The molecular formula is C13H21N3O. The number of nitrogens with zero attached hydrogens (tertiary/aromatic N) is 1.